The Bertz CT molecular complexity index is 812. The van der Waals surface area contributed by atoms with E-state index < -0.39 is 0 Å². The van der Waals surface area contributed by atoms with Crippen LogP contribution in [-0.2, 0) is 0 Å². The first-order valence-corrected chi connectivity index (χ1v) is 7.05. The van der Waals surface area contributed by atoms with Gasteiger partial charge in [-0.3, -0.25) is 0 Å². The Hall–Kier alpha value is -2.59. The molecule has 0 bridgehead atoms. The predicted octanol–water partition coefficient (Wildman–Crippen LogP) is 4.57. The second-order valence-corrected chi connectivity index (χ2v) is 4.91. The molecular formula is C17H13ClN2O2. The Labute approximate surface area is 133 Å². The van der Waals surface area contributed by atoms with Gasteiger partial charge in [0.2, 0.25) is 11.8 Å². The quantitative estimate of drug-likeness (QED) is 0.708. The number of halogens is 1. The monoisotopic (exact) mass is 312 g/mol. The van der Waals surface area contributed by atoms with Crippen molar-refractivity contribution in [1.29, 1.82) is 0 Å². The van der Waals surface area contributed by atoms with Gasteiger partial charge in [0.25, 0.3) is 0 Å². The fourth-order valence-corrected chi connectivity index (χ4v) is 2.23. The van der Waals surface area contributed by atoms with E-state index in [2.05, 4.69) is 10.2 Å². The number of nitrogens with zero attached hydrogens (tertiary/aromatic N) is 2. The minimum Gasteiger partial charge on any atom is -0.496 e. The molecule has 5 heteroatoms. The molecule has 0 saturated carbocycles. The second-order valence-electron chi connectivity index (χ2n) is 4.50. The highest BCUT2D eigenvalue weighted by molar-refractivity contribution is 6.33. The highest BCUT2D eigenvalue weighted by atomic mass is 35.5. The van der Waals surface area contributed by atoms with Crippen molar-refractivity contribution in [3.63, 3.8) is 0 Å². The Morgan fingerprint density at radius 2 is 1.77 bits per heavy atom. The molecule has 0 fully saturated rings. The molecule has 0 saturated heterocycles. The molecule has 0 radical (unpaired) electrons. The summed E-state index contributed by atoms with van der Waals surface area (Å²) in [5.74, 6) is 1.58. The molecule has 4 nitrogen and oxygen atoms in total. The summed E-state index contributed by atoms with van der Waals surface area (Å²) in [4.78, 5) is 0. The first-order valence-electron chi connectivity index (χ1n) is 6.67. The Balaban J connectivity index is 1.86. The lowest BCUT2D eigenvalue weighted by molar-refractivity contribution is 0.414. The molecule has 3 rings (SSSR count). The standard InChI is InChI=1S/C17H13ClN2O2/c1-21-15-9-5-2-6-12(15)10-11-16-19-20-17(22-16)13-7-3-4-8-14(13)18/h2-11H,1H3/b11-10+. The first kappa shape index (κ1) is 14.4. The molecule has 0 atom stereocenters. The first-order chi connectivity index (χ1) is 10.8. The fraction of sp³-hybridized carbons (Fsp3) is 0.0588. The Kier molecular flexibility index (Phi) is 4.21. The number of rotatable bonds is 4. The van der Waals surface area contributed by atoms with Gasteiger partial charge in [0, 0.05) is 11.6 Å². The van der Waals surface area contributed by atoms with Crippen LogP contribution in [0.25, 0.3) is 23.6 Å². The number of para-hydroxylation sites is 1. The third-order valence-corrected chi connectivity index (χ3v) is 3.42. The van der Waals surface area contributed by atoms with E-state index in [1.54, 1.807) is 19.3 Å². The summed E-state index contributed by atoms with van der Waals surface area (Å²) in [5, 5.41) is 8.60. The van der Waals surface area contributed by atoms with Gasteiger partial charge in [0.05, 0.1) is 17.7 Å². The average molecular weight is 313 g/mol. The van der Waals surface area contributed by atoms with Crippen molar-refractivity contribution in [1.82, 2.24) is 10.2 Å². The smallest absolute Gasteiger partial charge is 0.249 e. The van der Waals surface area contributed by atoms with Crippen molar-refractivity contribution in [3.8, 4) is 17.2 Å². The predicted molar refractivity (Wildman–Crippen MR) is 86.7 cm³/mol. The fourth-order valence-electron chi connectivity index (χ4n) is 2.01. The zero-order valence-electron chi connectivity index (χ0n) is 11.9. The Morgan fingerprint density at radius 3 is 2.59 bits per heavy atom. The third-order valence-electron chi connectivity index (χ3n) is 3.09. The summed E-state index contributed by atoms with van der Waals surface area (Å²) >= 11 is 6.12. The van der Waals surface area contributed by atoms with Gasteiger partial charge in [-0.1, -0.05) is 41.9 Å². The van der Waals surface area contributed by atoms with Gasteiger partial charge in [-0.05, 0) is 24.3 Å². The van der Waals surface area contributed by atoms with E-state index in [4.69, 9.17) is 20.8 Å². The normalized spacial score (nSPS) is 11.0. The van der Waals surface area contributed by atoms with Crippen LogP contribution in [0.5, 0.6) is 5.75 Å². The van der Waals surface area contributed by atoms with Crippen molar-refractivity contribution in [2.75, 3.05) is 7.11 Å². The zero-order valence-corrected chi connectivity index (χ0v) is 12.6. The molecule has 1 aromatic heterocycles. The van der Waals surface area contributed by atoms with Crippen LogP contribution < -0.4 is 4.74 Å². The molecule has 3 aromatic rings. The summed E-state index contributed by atoms with van der Waals surface area (Å²) in [7, 11) is 1.63. The van der Waals surface area contributed by atoms with Crippen LogP contribution in [0.4, 0.5) is 0 Å². The maximum atomic E-state index is 6.12. The third kappa shape index (κ3) is 3.02. The number of hydrogen-bond acceptors (Lipinski definition) is 4. The summed E-state index contributed by atoms with van der Waals surface area (Å²) in [6.45, 7) is 0. The lowest BCUT2D eigenvalue weighted by Gasteiger charge is -2.02. The number of ether oxygens (including phenoxy) is 1. The van der Waals surface area contributed by atoms with Crippen LogP contribution in [0.1, 0.15) is 11.5 Å². The lowest BCUT2D eigenvalue weighted by atomic mass is 10.2. The van der Waals surface area contributed by atoms with Gasteiger partial charge in [-0.25, -0.2) is 0 Å². The van der Waals surface area contributed by atoms with Crippen LogP contribution in [0.2, 0.25) is 5.02 Å². The van der Waals surface area contributed by atoms with E-state index in [0.717, 1.165) is 11.3 Å². The molecule has 110 valence electrons. The molecule has 0 aliphatic heterocycles. The molecular weight excluding hydrogens is 300 g/mol. The molecule has 0 N–H and O–H groups in total. The van der Waals surface area contributed by atoms with Crippen LogP contribution in [-0.4, -0.2) is 17.3 Å². The number of aromatic nitrogens is 2. The molecule has 0 aliphatic rings. The summed E-state index contributed by atoms with van der Waals surface area (Å²) in [6.07, 6.45) is 3.61. The topological polar surface area (TPSA) is 48.2 Å². The minimum absolute atomic E-state index is 0.394. The summed E-state index contributed by atoms with van der Waals surface area (Å²) in [5.41, 5.74) is 1.65. The maximum absolute atomic E-state index is 6.12. The average Bonchev–Trinajstić information content (AvgIpc) is 3.02. The highest BCUT2D eigenvalue weighted by Crippen LogP contribution is 2.27. The van der Waals surface area contributed by atoms with E-state index in [-0.39, 0.29) is 0 Å². The van der Waals surface area contributed by atoms with E-state index in [0.29, 0.717) is 22.4 Å². The molecule has 0 spiro atoms. The van der Waals surface area contributed by atoms with Gasteiger partial charge in [0.1, 0.15) is 5.75 Å². The van der Waals surface area contributed by atoms with Gasteiger partial charge in [-0.15, -0.1) is 10.2 Å². The van der Waals surface area contributed by atoms with Crippen LogP contribution in [0, 0.1) is 0 Å². The molecule has 2 aromatic carbocycles. The molecule has 1 heterocycles. The van der Waals surface area contributed by atoms with Crippen LogP contribution in [0.3, 0.4) is 0 Å². The van der Waals surface area contributed by atoms with Gasteiger partial charge in [-0.2, -0.15) is 0 Å². The number of hydrogen-bond donors (Lipinski definition) is 0. The summed E-state index contributed by atoms with van der Waals surface area (Å²) in [6, 6.07) is 15.0. The number of benzene rings is 2. The van der Waals surface area contributed by atoms with E-state index in [1.165, 1.54) is 0 Å². The van der Waals surface area contributed by atoms with Crippen molar-refractivity contribution in [2.24, 2.45) is 0 Å². The number of methoxy groups -OCH3 is 1. The van der Waals surface area contributed by atoms with Crippen LogP contribution >= 0.6 is 11.6 Å². The minimum atomic E-state index is 0.394. The van der Waals surface area contributed by atoms with Crippen molar-refractivity contribution in [3.05, 3.63) is 65.0 Å². The molecule has 0 amide bonds. The van der Waals surface area contributed by atoms with Crippen molar-refractivity contribution < 1.29 is 9.15 Å². The van der Waals surface area contributed by atoms with E-state index in [1.807, 2.05) is 48.5 Å². The molecule has 0 unspecified atom stereocenters. The van der Waals surface area contributed by atoms with E-state index in [9.17, 15) is 0 Å². The van der Waals surface area contributed by atoms with E-state index >= 15 is 0 Å². The van der Waals surface area contributed by atoms with Crippen molar-refractivity contribution >= 4 is 23.8 Å². The molecule has 0 aliphatic carbocycles. The highest BCUT2D eigenvalue weighted by Gasteiger charge is 2.09. The molecule has 22 heavy (non-hydrogen) atoms. The lowest BCUT2D eigenvalue weighted by Crippen LogP contribution is -1.85. The largest absolute Gasteiger partial charge is 0.496 e. The van der Waals surface area contributed by atoms with Gasteiger partial charge in [0.15, 0.2) is 0 Å². The zero-order chi connectivity index (χ0) is 15.4. The van der Waals surface area contributed by atoms with Gasteiger partial charge >= 0.3 is 0 Å². The van der Waals surface area contributed by atoms with Crippen LogP contribution in [0.15, 0.2) is 52.9 Å². The Morgan fingerprint density at radius 1 is 1.00 bits per heavy atom. The summed E-state index contributed by atoms with van der Waals surface area (Å²) < 4.78 is 10.9. The van der Waals surface area contributed by atoms with Gasteiger partial charge < -0.3 is 9.15 Å². The SMILES string of the molecule is COc1ccccc1/C=C/c1nnc(-c2ccccc2Cl)o1. The maximum Gasteiger partial charge on any atom is 0.249 e. The second kappa shape index (κ2) is 6.45. The van der Waals surface area contributed by atoms with Crippen molar-refractivity contribution in [2.45, 2.75) is 0 Å².